The van der Waals surface area contributed by atoms with E-state index in [1.54, 1.807) is 24.4 Å². The van der Waals surface area contributed by atoms with Crippen LogP contribution in [-0.2, 0) is 6.54 Å². The first-order valence-corrected chi connectivity index (χ1v) is 6.42. The summed E-state index contributed by atoms with van der Waals surface area (Å²) in [6.07, 6.45) is 1.75. The van der Waals surface area contributed by atoms with Crippen molar-refractivity contribution in [2.24, 2.45) is 0 Å². The molecule has 0 fully saturated rings. The van der Waals surface area contributed by atoms with Gasteiger partial charge in [0.2, 0.25) is 0 Å². The maximum atomic E-state index is 12.2. The van der Waals surface area contributed by atoms with Gasteiger partial charge < -0.3 is 15.6 Å². The van der Waals surface area contributed by atoms with Gasteiger partial charge in [0.05, 0.1) is 5.69 Å². The molecule has 1 aromatic heterocycles. The van der Waals surface area contributed by atoms with Crippen LogP contribution in [0, 0.1) is 6.92 Å². The monoisotopic (exact) mass is 277 g/mol. The summed E-state index contributed by atoms with van der Waals surface area (Å²) >= 11 is 6.03. The van der Waals surface area contributed by atoms with Gasteiger partial charge in [-0.05, 0) is 37.6 Å². The number of amides is 1. The van der Waals surface area contributed by atoms with Crippen LogP contribution in [0.4, 0.5) is 11.4 Å². The lowest BCUT2D eigenvalue weighted by Crippen LogP contribution is -2.17. The Hall–Kier alpha value is -1.94. The van der Waals surface area contributed by atoms with Gasteiger partial charge in [-0.15, -0.1) is 0 Å². The van der Waals surface area contributed by atoms with Gasteiger partial charge in [-0.2, -0.15) is 0 Å². The molecule has 1 amide bonds. The third-order valence-electron chi connectivity index (χ3n) is 3.01. The first kappa shape index (κ1) is 13.5. The smallest absolute Gasteiger partial charge is 0.272 e. The quantitative estimate of drug-likeness (QED) is 0.904. The van der Waals surface area contributed by atoms with Gasteiger partial charge in [0.25, 0.3) is 5.91 Å². The summed E-state index contributed by atoms with van der Waals surface area (Å²) in [7, 11) is 0. The maximum Gasteiger partial charge on any atom is 0.272 e. The molecule has 3 N–H and O–H groups in total. The molecule has 0 aliphatic rings. The summed E-state index contributed by atoms with van der Waals surface area (Å²) in [5.74, 6) is -0.191. The van der Waals surface area contributed by atoms with Gasteiger partial charge in [0.1, 0.15) is 5.69 Å². The number of aryl methyl sites for hydroxylation is 1. The van der Waals surface area contributed by atoms with Gasteiger partial charge in [0, 0.05) is 23.5 Å². The highest BCUT2D eigenvalue weighted by molar-refractivity contribution is 6.31. The van der Waals surface area contributed by atoms with Crippen molar-refractivity contribution >= 4 is 28.9 Å². The highest BCUT2D eigenvalue weighted by Gasteiger charge is 2.13. The van der Waals surface area contributed by atoms with Crippen LogP contribution in [0.15, 0.2) is 30.5 Å². The average molecular weight is 278 g/mol. The molecule has 0 atom stereocenters. The number of benzene rings is 1. The van der Waals surface area contributed by atoms with Gasteiger partial charge in [0.15, 0.2) is 0 Å². The fourth-order valence-corrected chi connectivity index (χ4v) is 2.09. The zero-order valence-electron chi connectivity index (χ0n) is 10.9. The number of rotatable bonds is 3. The number of aromatic nitrogens is 1. The van der Waals surface area contributed by atoms with Crippen molar-refractivity contribution in [1.29, 1.82) is 0 Å². The van der Waals surface area contributed by atoms with E-state index in [0.29, 0.717) is 28.6 Å². The number of nitrogen functional groups attached to an aromatic ring is 1. The van der Waals surface area contributed by atoms with Gasteiger partial charge >= 0.3 is 0 Å². The number of nitrogens with zero attached hydrogens (tertiary/aromatic N) is 1. The Balaban J connectivity index is 2.28. The van der Waals surface area contributed by atoms with Crippen LogP contribution in [0.25, 0.3) is 0 Å². The molecule has 0 saturated carbocycles. The van der Waals surface area contributed by atoms with Crippen molar-refractivity contribution in [2.45, 2.75) is 20.4 Å². The zero-order chi connectivity index (χ0) is 14.0. The topological polar surface area (TPSA) is 60.0 Å². The van der Waals surface area contributed by atoms with E-state index >= 15 is 0 Å². The minimum atomic E-state index is -0.191. The molecule has 1 aromatic carbocycles. The fraction of sp³-hybridized carbons (Fsp3) is 0.214. The summed E-state index contributed by atoms with van der Waals surface area (Å²) in [5.41, 5.74) is 8.39. The van der Waals surface area contributed by atoms with Crippen molar-refractivity contribution in [2.75, 3.05) is 11.1 Å². The molecule has 0 aliphatic carbocycles. The van der Waals surface area contributed by atoms with Crippen molar-refractivity contribution in [3.63, 3.8) is 0 Å². The third-order valence-corrected chi connectivity index (χ3v) is 3.42. The van der Waals surface area contributed by atoms with Crippen LogP contribution >= 0.6 is 11.6 Å². The van der Waals surface area contributed by atoms with Crippen LogP contribution in [0.1, 0.15) is 23.0 Å². The van der Waals surface area contributed by atoms with Crippen LogP contribution in [0.5, 0.6) is 0 Å². The zero-order valence-corrected chi connectivity index (χ0v) is 11.7. The first-order valence-electron chi connectivity index (χ1n) is 6.05. The molecular formula is C14H16ClN3O. The van der Waals surface area contributed by atoms with Gasteiger partial charge in [-0.1, -0.05) is 17.7 Å². The molecule has 2 aromatic rings. The van der Waals surface area contributed by atoms with E-state index in [-0.39, 0.29) is 5.91 Å². The normalized spacial score (nSPS) is 10.5. The minimum absolute atomic E-state index is 0.191. The molecule has 4 nitrogen and oxygen atoms in total. The second kappa shape index (κ2) is 5.36. The van der Waals surface area contributed by atoms with Gasteiger partial charge in [-0.3, -0.25) is 4.79 Å². The standard InChI is InChI=1S/C14H16ClN3O/c1-3-18-8-10(16)7-13(18)14(19)17-12-6-4-5-11(15)9(12)2/h4-8H,3,16H2,1-2H3,(H,17,19). The molecule has 0 saturated heterocycles. The predicted molar refractivity (Wildman–Crippen MR) is 78.7 cm³/mol. The number of carbonyl (C=O) groups is 1. The first-order chi connectivity index (χ1) is 9.02. The van der Waals surface area contributed by atoms with E-state index < -0.39 is 0 Å². The van der Waals surface area contributed by atoms with Crippen molar-refractivity contribution in [1.82, 2.24) is 4.57 Å². The van der Waals surface area contributed by atoms with Crippen molar-refractivity contribution < 1.29 is 4.79 Å². The second-order valence-corrected chi connectivity index (χ2v) is 4.72. The molecule has 0 unspecified atom stereocenters. The number of anilines is 2. The predicted octanol–water partition coefficient (Wildman–Crippen LogP) is 3.30. The summed E-state index contributed by atoms with van der Waals surface area (Å²) in [4.78, 5) is 12.2. The van der Waals surface area contributed by atoms with E-state index in [9.17, 15) is 4.79 Å². The Morgan fingerprint density at radius 2 is 2.21 bits per heavy atom. The molecule has 5 heteroatoms. The maximum absolute atomic E-state index is 12.2. The number of halogens is 1. The summed E-state index contributed by atoms with van der Waals surface area (Å²) in [6, 6.07) is 7.08. The molecule has 2 rings (SSSR count). The Kier molecular flexibility index (Phi) is 3.81. The average Bonchev–Trinajstić information content (AvgIpc) is 2.76. The highest BCUT2D eigenvalue weighted by atomic mass is 35.5. The Morgan fingerprint density at radius 3 is 2.89 bits per heavy atom. The molecule has 0 spiro atoms. The van der Waals surface area contributed by atoms with Crippen LogP contribution in [0.3, 0.4) is 0 Å². The lowest BCUT2D eigenvalue weighted by molar-refractivity contribution is 0.101. The van der Waals surface area contributed by atoms with E-state index in [0.717, 1.165) is 5.56 Å². The van der Waals surface area contributed by atoms with Gasteiger partial charge in [-0.25, -0.2) is 0 Å². The number of hydrogen-bond acceptors (Lipinski definition) is 2. The second-order valence-electron chi connectivity index (χ2n) is 4.31. The van der Waals surface area contributed by atoms with E-state index in [1.165, 1.54) is 0 Å². The summed E-state index contributed by atoms with van der Waals surface area (Å²) in [6.45, 7) is 4.51. The molecule has 0 aliphatic heterocycles. The Bertz CT molecular complexity index is 619. The largest absolute Gasteiger partial charge is 0.397 e. The summed E-state index contributed by atoms with van der Waals surface area (Å²) < 4.78 is 1.81. The Morgan fingerprint density at radius 1 is 1.47 bits per heavy atom. The van der Waals surface area contributed by atoms with Crippen LogP contribution in [-0.4, -0.2) is 10.5 Å². The molecule has 1 heterocycles. The number of carbonyl (C=O) groups excluding carboxylic acids is 1. The Labute approximate surface area is 117 Å². The summed E-state index contributed by atoms with van der Waals surface area (Å²) in [5, 5.41) is 3.48. The molecular weight excluding hydrogens is 262 g/mol. The molecule has 0 radical (unpaired) electrons. The minimum Gasteiger partial charge on any atom is -0.397 e. The fourth-order valence-electron chi connectivity index (χ4n) is 1.91. The SMILES string of the molecule is CCn1cc(N)cc1C(=O)Nc1cccc(Cl)c1C. The van der Waals surface area contributed by atoms with Crippen molar-refractivity contribution in [3.05, 3.63) is 46.7 Å². The number of nitrogens with two attached hydrogens (primary N) is 1. The molecule has 100 valence electrons. The van der Waals surface area contributed by atoms with E-state index in [2.05, 4.69) is 5.32 Å². The number of hydrogen-bond donors (Lipinski definition) is 2. The third kappa shape index (κ3) is 2.74. The van der Waals surface area contributed by atoms with E-state index in [4.69, 9.17) is 17.3 Å². The van der Waals surface area contributed by atoms with Crippen molar-refractivity contribution in [3.8, 4) is 0 Å². The van der Waals surface area contributed by atoms with Crippen LogP contribution < -0.4 is 11.1 Å². The molecule has 0 bridgehead atoms. The molecule has 19 heavy (non-hydrogen) atoms. The van der Waals surface area contributed by atoms with Crippen LogP contribution in [0.2, 0.25) is 5.02 Å². The lowest BCUT2D eigenvalue weighted by Gasteiger charge is -2.10. The lowest BCUT2D eigenvalue weighted by atomic mass is 10.2. The number of nitrogens with one attached hydrogen (secondary N) is 1. The van der Waals surface area contributed by atoms with E-state index in [1.807, 2.05) is 24.5 Å². The highest BCUT2D eigenvalue weighted by Crippen LogP contribution is 2.23.